The monoisotopic (exact) mass is 375 g/mol. The fourth-order valence-corrected chi connectivity index (χ4v) is 3.24. The number of carbonyl (C=O) groups is 2. The van der Waals surface area contributed by atoms with Crippen molar-refractivity contribution in [3.05, 3.63) is 29.8 Å². The van der Waals surface area contributed by atoms with E-state index in [9.17, 15) is 33.0 Å². The first-order valence-electron chi connectivity index (χ1n) is 8.15. The van der Waals surface area contributed by atoms with Gasteiger partial charge in [0, 0.05) is 18.7 Å². The van der Waals surface area contributed by atoms with E-state index in [0.29, 0.717) is 6.42 Å². The van der Waals surface area contributed by atoms with Crippen LogP contribution in [0, 0.1) is 5.41 Å². The maximum atomic E-state index is 12.6. The molecule has 1 heterocycles. The number of rotatable bonds is 5. The first-order chi connectivity index (χ1) is 12.1. The molecule has 0 aromatic heterocycles. The summed E-state index contributed by atoms with van der Waals surface area (Å²) >= 11 is 0. The molecular formula is C17H20F3NO5. The van der Waals surface area contributed by atoms with Gasteiger partial charge in [0.15, 0.2) is 0 Å². The molecule has 2 atom stereocenters. The number of piperidine rings is 1. The van der Waals surface area contributed by atoms with Gasteiger partial charge in [-0.15, -0.1) is 13.2 Å². The average molecular weight is 375 g/mol. The second kappa shape index (κ2) is 7.53. The van der Waals surface area contributed by atoms with Gasteiger partial charge in [-0.1, -0.05) is 13.3 Å². The van der Waals surface area contributed by atoms with Crippen LogP contribution in [-0.4, -0.2) is 52.5 Å². The number of benzene rings is 1. The van der Waals surface area contributed by atoms with Crippen molar-refractivity contribution in [2.75, 3.05) is 13.1 Å². The van der Waals surface area contributed by atoms with Crippen molar-refractivity contribution < 1.29 is 37.7 Å². The Hall–Kier alpha value is -2.29. The summed E-state index contributed by atoms with van der Waals surface area (Å²) in [4.78, 5) is 25.7. The summed E-state index contributed by atoms with van der Waals surface area (Å²) in [5, 5.41) is 19.8. The third-order valence-corrected chi connectivity index (χ3v) is 4.53. The number of aliphatic hydroxyl groups is 1. The Balaban J connectivity index is 2.17. The highest BCUT2D eigenvalue weighted by molar-refractivity contribution is 5.95. The molecule has 1 fully saturated rings. The highest BCUT2D eigenvalue weighted by atomic mass is 19.4. The van der Waals surface area contributed by atoms with Gasteiger partial charge in [0.1, 0.15) is 11.2 Å². The van der Waals surface area contributed by atoms with Crippen molar-refractivity contribution in [1.82, 2.24) is 4.90 Å². The minimum atomic E-state index is -4.82. The number of hydrogen-bond donors (Lipinski definition) is 2. The summed E-state index contributed by atoms with van der Waals surface area (Å²) in [5.74, 6) is -2.12. The summed E-state index contributed by atoms with van der Waals surface area (Å²) in [6, 6.07) is 4.43. The Morgan fingerprint density at radius 1 is 1.31 bits per heavy atom. The van der Waals surface area contributed by atoms with E-state index in [1.165, 1.54) is 17.0 Å². The molecule has 1 aliphatic rings. The first-order valence-corrected chi connectivity index (χ1v) is 8.15. The zero-order valence-corrected chi connectivity index (χ0v) is 14.1. The van der Waals surface area contributed by atoms with E-state index in [1.54, 1.807) is 6.92 Å². The Morgan fingerprint density at radius 3 is 2.42 bits per heavy atom. The number of carbonyl (C=O) groups excluding carboxylic acids is 1. The largest absolute Gasteiger partial charge is 0.573 e. The van der Waals surface area contributed by atoms with E-state index in [-0.39, 0.29) is 31.5 Å². The van der Waals surface area contributed by atoms with Gasteiger partial charge < -0.3 is 19.8 Å². The van der Waals surface area contributed by atoms with E-state index in [2.05, 4.69) is 4.74 Å². The highest BCUT2D eigenvalue weighted by Gasteiger charge is 2.49. The van der Waals surface area contributed by atoms with Gasteiger partial charge in [-0.3, -0.25) is 9.59 Å². The predicted molar refractivity (Wildman–Crippen MR) is 84.6 cm³/mol. The smallest absolute Gasteiger partial charge is 0.481 e. The van der Waals surface area contributed by atoms with Crippen molar-refractivity contribution in [1.29, 1.82) is 0 Å². The molecule has 1 aromatic rings. The van der Waals surface area contributed by atoms with Crippen LogP contribution in [0.5, 0.6) is 5.75 Å². The predicted octanol–water partition coefficient (Wildman–Crippen LogP) is 2.66. The summed E-state index contributed by atoms with van der Waals surface area (Å²) in [7, 11) is 0. The fourth-order valence-electron chi connectivity index (χ4n) is 3.24. The molecule has 26 heavy (non-hydrogen) atoms. The lowest BCUT2D eigenvalue weighted by Gasteiger charge is -2.43. The molecular weight excluding hydrogens is 355 g/mol. The third-order valence-electron chi connectivity index (χ3n) is 4.53. The standard InChI is InChI=1S/C17H20F3NO5/c1-2-8-16(15(24)25)10-21(9-7-13(16)22)14(23)11-3-5-12(6-4-11)26-17(18,19)20/h3-6,13,22H,2,7-10H2,1H3,(H,24,25)/t13-,16-/m1/s1. The molecule has 0 aliphatic carbocycles. The molecule has 0 bridgehead atoms. The maximum absolute atomic E-state index is 12.6. The molecule has 0 unspecified atom stereocenters. The van der Waals surface area contributed by atoms with Gasteiger partial charge in [-0.2, -0.15) is 0 Å². The van der Waals surface area contributed by atoms with Crippen molar-refractivity contribution in [2.45, 2.75) is 38.7 Å². The second-order valence-electron chi connectivity index (χ2n) is 6.31. The van der Waals surface area contributed by atoms with E-state index >= 15 is 0 Å². The average Bonchev–Trinajstić information content (AvgIpc) is 2.55. The van der Waals surface area contributed by atoms with E-state index in [0.717, 1.165) is 12.1 Å². The Labute approximate surface area is 148 Å². The zero-order chi connectivity index (χ0) is 19.5. The van der Waals surface area contributed by atoms with Crippen LogP contribution in [0.25, 0.3) is 0 Å². The molecule has 6 nitrogen and oxygen atoms in total. The molecule has 2 rings (SSSR count). The van der Waals surface area contributed by atoms with Gasteiger partial charge in [-0.25, -0.2) is 0 Å². The molecule has 9 heteroatoms. The molecule has 1 saturated heterocycles. The highest BCUT2D eigenvalue weighted by Crippen LogP contribution is 2.36. The zero-order valence-electron chi connectivity index (χ0n) is 14.1. The minimum Gasteiger partial charge on any atom is -0.481 e. The van der Waals surface area contributed by atoms with Crippen LogP contribution in [0.15, 0.2) is 24.3 Å². The number of alkyl halides is 3. The van der Waals surface area contributed by atoms with Crippen LogP contribution in [0.2, 0.25) is 0 Å². The summed E-state index contributed by atoms with van der Waals surface area (Å²) < 4.78 is 40.3. The lowest BCUT2D eigenvalue weighted by Crippen LogP contribution is -2.57. The maximum Gasteiger partial charge on any atom is 0.573 e. The summed E-state index contributed by atoms with van der Waals surface area (Å²) in [6.45, 7) is 1.80. The van der Waals surface area contributed by atoms with Crippen LogP contribution < -0.4 is 4.74 Å². The van der Waals surface area contributed by atoms with Crippen molar-refractivity contribution in [3.63, 3.8) is 0 Å². The number of hydrogen-bond acceptors (Lipinski definition) is 4. The molecule has 2 N–H and O–H groups in total. The van der Waals surface area contributed by atoms with Crippen LogP contribution in [0.3, 0.4) is 0 Å². The number of aliphatic hydroxyl groups excluding tert-OH is 1. The van der Waals surface area contributed by atoms with Gasteiger partial charge in [0.2, 0.25) is 0 Å². The van der Waals surface area contributed by atoms with Crippen molar-refractivity contribution in [2.24, 2.45) is 5.41 Å². The number of amides is 1. The number of carboxylic acid groups (broad SMARTS) is 1. The van der Waals surface area contributed by atoms with Crippen LogP contribution in [0.4, 0.5) is 13.2 Å². The third kappa shape index (κ3) is 4.27. The van der Waals surface area contributed by atoms with Crippen molar-refractivity contribution in [3.8, 4) is 5.75 Å². The van der Waals surface area contributed by atoms with Crippen LogP contribution in [0.1, 0.15) is 36.5 Å². The number of aliphatic carboxylic acids is 1. The lowest BCUT2D eigenvalue weighted by atomic mass is 9.74. The van der Waals surface area contributed by atoms with Gasteiger partial charge >= 0.3 is 12.3 Å². The molecule has 144 valence electrons. The van der Waals surface area contributed by atoms with E-state index in [4.69, 9.17) is 0 Å². The number of carboxylic acids is 1. The Morgan fingerprint density at radius 2 is 1.92 bits per heavy atom. The minimum absolute atomic E-state index is 0.117. The van der Waals surface area contributed by atoms with Crippen LogP contribution in [-0.2, 0) is 4.79 Å². The SMILES string of the molecule is CCC[C@@]1(C(=O)O)CN(C(=O)c2ccc(OC(F)(F)F)cc2)CC[C@H]1O. The lowest BCUT2D eigenvalue weighted by molar-refractivity contribution is -0.274. The fraction of sp³-hybridized carbons (Fsp3) is 0.529. The summed E-state index contributed by atoms with van der Waals surface area (Å²) in [6.07, 6.45) is -5.03. The quantitative estimate of drug-likeness (QED) is 0.826. The molecule has 1 aliphatic heterocycles. The first kappa shape index (κ1) is 20.0. The molecule has 0 radical (unpaired) electrons. The normalized spacial score (nSPS) is 23.6. The van der Waals surface area contributed by atoms with E-state index in [1.807, 2.05) is 0 Å². The Bertz CT molecular complexity index is 661. The number of ether oxygens (including phenoxy) is 1. The van der Waals surface area contributed by atoms with Gasteiger partial charge in [-0.05, 0) is 37.1 Å². The van der Waals surface area contributed by atoms with Gasteiger partial charge in [0.05, 0.1) is 6.10 Å². The second-order valence-corrected chi connectivity index (χ2v) is 6.31. The number of halogens is 3. The Kier molecular flexibility index (Phi) is 5.80. The molecule has 0 spiro atoms. The topological polar surface area (TPSA) is 87.1 Å². The molecule has 0 saturated carbocycles. The molecule has 1 amide bonds. The van der Waals surface area contributed by atoms with Crippen molar-refractivity contribution >= 4 is 11.9 Å². The number of nitrogens with zero attached hydrogens (tertiary/aromatic N) is 1. The summed E-state index contributed by atoms with van der Waals surface area (Å²) in [5.41, 5.74) is -1.33. The number of likely N-dealkylation sites (tertiary alicyclic amines) is 1. The van der Waals surface area contributed by atoms with Crippen LogP contribution >= 0.6 is 0 Å². The molecule has 1 aromatic carbocycles. The van der Waals surface area contributed by atoms with Gasteiger partial charge in [0.25, 0.3) is 5.91 Å². The van der Waals surface area contributed by atoms with E-state index < -0.39 is 35.5 Å².